The van der Waals surface area contributed by atoms with Crippen LogP contribution in [0.15, 0.2) is 60.8 Å². The lowest BCUT2D eigenvalue weighted by Crippen LogP contribution is -2.28. The minimum atomic E-state index is -4.29. The Hall–Kier alpha value is -1.80. The Bertz CT molecular complexity index is 979. The van der Waals surface area contributed by atoms with Crippen molar-refractivity contribution < 1.29 is 32.8 Å². The van der Waals surface area contributed by atoms with Crippen LogP contribution >= 0.6 is 7.82 Å². The smallest absolute Gasteiger partial charge is 0.457 e. The van der Waals surface area contributed by atoms with Gasteiger partial charge in [0.05, 0.1) is 19.8 Å². The summed E-state index contributed by atoms with van der Waals surface area (Å²) in [7, 11) is -4.29. The van der Waals surface area contributed by atoms with Crippen molar-refractivity contribution in [1.29, 1.82) is 0 Å². The zero-order valence-corrected chi connectivity index (χ0v) is 34.2. The second-order valence-corrected chi connectivity index (χ2v) is 15.0. The van der Waals surface area contributed by atoms with Crippen LogP contribution in [0.2, 0.25) is 0 Å². The zero-order chi connectivity index (χ0) is 38.1. The summed E-state index contributed by atoms with van der Waals surface area (Å²) in [4.78, 5) is 22.4. The van der Waals surface area contributed by atoms with Crippen LogP contribution in [0.4, 0.5) is 0 Å². The van der Waals surface area contributed by atoms with Crippen LogP contribution in [0.5, 0.6) is 0 Å². The molecule has 0 aromatic heterocycles. The maximum Gasteiger partial charge on any atom is 0.472 e. The predicted octanol–water partition coefficient (Wildman–Crippen LogP) is 12.2. The number of hydrogen-bond donors (Lipinski definition) is 2. The molecule has 0 bridgehead atoms. The van der Waals surface area contributed by atoms with Gasteiger partial charge in [-0.25, -0.2) is 4.57 Å². The molecule has 0 amide bonds. The molecule has 0 heterocycles. The van der Waals surface area contributed by atoms with E-state index in [2.05, 4.69) is 74.6 Å². The third-order valence-electron chi connectivity index (χ3n) is 8.50. The second-order valence-electron chi connectivity index (χ2n) is 13.6. The molecule has 3 N–H and O–H groups in total. The molecule has 0 spiro atoms. The summed E-state index contributed by atoms with van der Waals surface area (Å²) < 4.78 is 33.3. The Morgan fingerprint density at radius 2 is 1.04 bits per heavy atom. The topological polar surface area (TPSA) is 117 Å². The van der Waals surface area contributed by atoms with Crippen LogP contribution in [0, 0.1) is 0 Å². The van der Waals surface area contributed by atoms with Crippen molar-refractivity contribution in [1.82, 2.24) is 0 Å². The number of phosphoric acid groups is 1. The van der Waals surface area contributed by atoms with Crippen LogP contribution < -0.4 is 5.73 Å². The third-order valence-corrected chi connectivity index (χ3v) is 9.49. The SMILES string of the molecule is CCCCCC/C=C\CCCCCCCC(=O)O[C@H](COCCCCCC/C=C/C=C/C=C/C=C/CCCCCCCC)COP(=O)(O)OCCN. The van der Waals surface area contributed by atoms with Crippen molar-refractivity contribution in [2.75, 3.05) is 33.0 Å². The highest BCUT2D eigenvalue weighted by Crippen LogP contribution is 2.43. The molecule has 1 unspecified atom stereocenters. The van der Waals surface area contributed by atoms with Crippen LogP contribution in [0.3, 0.4) is 0 Å². The number of ether oxygens (including phenoxy) is 2. The Morgan fingerprint density at radius 3 is 1.60 bits per heavy atom. The fraction of sp³-hybridized carbons (Fsp3) is 0.744. The monoisotopic (exact) mass is 752 g/mol. The van der Waals surface area contributed by atoms with Crippen molar-refractivity contribution in [3.8, 4) is 0 Å². The largest absolute Gasteiger partial charge is 0.472 e. The number of esters is 1. The Labute approximate surface area is 319 Å². The van der Waals surface area contributed by atoms with E-state index >= 15 is 0 Å². The predicted molar refractivity (Wildman–Crippen MR) is 219 cm³/mol. The maximum absolute atomic E-state index is 12.5. The van der Waals surface area contributed by atoms with Gasteiger partial charge in [-0.05, 0) is 64.2 Å². The minimum absolute atomic E-state index is 0.0905. The highest BCUT2D eigenvalue weighted by atomic mass is 31.2. The Balaban J connectivity index is 4.15. The van der Waals surface area contributed by atoms with Gasteiger partial charge in [0.1, 0.15) is 6.10 Å². The minimum Gasteiger partial charge on any atom is -0.457 e. The molecule has 52 heavy (non-hydrogen) atoms. The summed E-state index contributed by atoms with van der Waals surface area (Å²) >= 11 is 0. The van der Waals surface area contributed by atoms with Gasteiger partial charge in [-0.3, -0.25) is 13.8 Å². The number of hydrogen-bond acceptors (Lipinski definition) is 7. The molecule has 0 aliphatic heterocycles. The summed E-state index contributed by atoms with van der Waals surface area (Å²) in [5, 5.41) is 0. The van der Waals surface area contributed by atoms with Crippen molar-refractivity contribution in [2.24, 2.45) is 5.73 Å². The first kappa shape index (κ1) is 50.2. The number of carbonyl (C=O) groups excluding carboxylic acids is 1. The third kappa shape index (κ3) is 39.4. The van der Waals surface area contributed by atoms with Gasteiger partial charge in [0.15, 0.2) is 0 Å². The summed E-state index contributed by atoms with van der Waals surface area (Å²) in [6, 6.07) is 0. The highest BCUT2D eigenvalue weighted by molar-refractivity contribution is 7.47. The van der Waals surface area contributed by atoms with Crippen LogP contribution in [0.25, 0.3) is 0 Å². The molecule has 0 radical (unpaired) electrons. The maximum atomic E-state index is 12.5. The molecular formula is C43H78NO7P. The van der Waals surface area contributed by atoms with E-state index in [4.69, 9.17) is 24.3 Å². The van der Waals surface area contributed by atoms with Gasteiger partial charge in [-0.2, -0.15) is 0 Å². The molecule has 0 rings (SSSR count). The van der Waals surface area contributed by atoms with E-state index in [9.17, 15) is 14.3 Å². The molecule has 302 valence electrons. The fourth-order valence-corrected chi connectivity index (χ4v) is 6.18. The normalized spacial score (nSPS) is 14.2. The van der Waals surface area contributed by atoms with E-state index in [1.165, 1.54) is 77.0 Å². The average Bonchev–Trinajstić information content (AvgIpc) is 3.13. The second kappa shape index (κ2) is 40.4. The Morgan fingerprint density at radius 1 is 0.577 bits per heavy atom. The molecule has 0 saturated heterocycles. The van der Waals surface area contributed by atoms with Gasteiger partial charge in [0.25, 0.3) is 0 Å². The number of allylic oxidation sites excluding steroid dienone is 10. The quantitative estimate of drug-likeness (QED) is 0.0210. The van der Waals surface area contributed by atoms with Gasteiger partial charge in [-0.1, -0.05) is 158 Å². The molecule has 0 aromatic carbocycles. The number of phosphoric ester groups is 1. The lowest BCUT2D eigenvalue weighted by molar-refractivity contribution is -0.154. The van der Waals surface area contributed by atoms with Crippen molar-refractivity contribution >= 4 is 13.8 Å². The van der Waals surface area contributed by atoms with Gasteiger partial charge in [0, 0.05) is 19.6 Å². The van der Waals surface area contributed by atoms with Crippen LogP contribution in [-0.2, 0) is 27.9 Å². The van der Waals surface area contributed by atoms with E-state index < -0.39 is 13.9 Å². The first-order chi connectivity index (χ1) is 25.4. The summed E-state index contributed by atoms with van der Waals surface area (Å²) in [6.07, 6.45) is 48.1. The van der Waals surface area contributed by atoms with Crippen molar-refractivity contribution in [2.45, 2.75) is 174 Å². The number of nitrogens with two attached hydrogens (primary N) is 1. The molecule has 0 aromatic rings. The first-order valence-corrected chi connectivity index (χ1v) is 22.3. The lowest BCUT2D eigenvalue weighted by Gasteiger charge is -2.20. The standard InChI is InChI=1S/C43H78NO7P/c1-3-5-7-9-11-13-15-17-18-19-20-21-22-23-25-27-29-31-33-35-38-48-40-42(41-50-52(46,47)49-39-37-44)51-43(45)36-34-32-30-28-26-24-16-14-12-10-8-6-4-2/h14,16-23,25,42H,3-13,15,24,26-41,44H2,1-2H3,(H,46,47)/b16-14-,18-17+,20-19+,22-21+,25-23+/t42-/m1/s1. The molecule has 8 nitrogen and oxygen atoms in total. The van der Waals surface area contributed by atoms with Crippen LogP contribution in [0.1, 0.15) is 168 Å². The summed E-state index contributed by atoms with van der Waals surface area (Å²) in [5.74, 6) is -0.353. The van der Waals surface area contributed by atoms with E-state index in [0.717, 1.165) is 70.6 Å². The molecular weight excluding hydrogens is 673 g/mol. The van der Waals surface area contributed by atoms with E-state index in [1.54, 1.807) is 0 Å². The van der Waals surface area contributed by atoms with Gasteiger partial charge < -0.3 is 20.1 Å². The summed E-state index contributed by atoms with van der Waals surface area (Å²) in [6.45, 7) is 4.79. The molecule has 0 fully saturated rings. The van der Waals surface area contributed by atoms with Gasteiger partial charge >= 0.3 is 13.8 Å². The molecule has 2 atom stereocenters. The van der Waals surface area contributed by atoms with E-state index in [-0.39, 0.29) is 32.3 Å². The van der Waals surface area contributed by atoms with Gasteiger partial charge in [-0.15, -0.1) is 0 Å². The first-order valence-electron chi connectivity index (χ1n) is 20.8. The zero-order valence-electron chi connectivity index (χ0n) is 33.3. The number of rotatable bonds is 39. The molecule has 0 saturated carbocycles. The highest BCUT2D eigenvalue weighted by Gasteiger charge is 2.25. The van der Waals surface area contributed by atoms with Crippen LogP contribution in [-0.4, -0.2) is 49.9 Å². The Kier molecular flexibility index (Phi) is 39.0. The fourth-order valence-electron chi connectivity index (χ4n) is 5.41. The molecule has 0 aliphatic rings. The molecule has 9 heteroatoms. The molecule has 0 aliphatic carbocycles. The van der Waals surface area contributed by atoms with Gasteiger partial charge in [0.2, 0.25) is 0 Å². The summed E-state index contributed by atoms with van der Waals surface area (Å²) in [5.41, 5.74) is 5.36. The van der Waals surface area contributed by atoms with Crippen molar-refractivity contribution in [3.05, 3.63) is 60.8 Å². The van der Waals surface area contributed by atoms with Crippen molar-refractivity contribution in [3.63, 3.8) is 0 Å². The average molecular weight is 752 g/mol. The van der Waals surface area contributed by atoms with E-state index in [1.807, 2.05) is 0 Å². The number of carbonyl (C=O) groups is 1. The lowest BCUT2D eigenvalue weighted by atomic mass is 10.1. The van der Waals surface area contributed by atoms with E-state index in [0.29, 0.717) is 13.0 Å². The number of unbranched alkanes of at least 4 members (excludes halogenated alkanes) is 19.